The highest BCUT2D eigenvalue weighted by atomic mass is 32.1. The number of hydrogen-bond acceptors (Lipinski definition) is 4. The van der Waals surface area contributed by atoms with Crippen molar-refractivity contribution in [2.45, 2.75) is 51.6 Å². The normalized spacial score (nSPS) is 25.8. The fraction of sp³-hybridized carbons (Fsp3) is 0.450. The van der Waals surface area contributed by atoms with Crippen molar-refractivity contribution in [3.8, 4) is 10.6 Å². The second-order valence-corrected chi connectivity index (χ2v) is 8.31. The molecule has 1 saturated carbocycles. The molecule has 1 aliphatic carbocycles. The summed E-state index contributed by atoms with van der Waals surface area (Å²) in [5.74, 6) is 0.0934. The monoisotopic (exact) mass is 369 g/mol. The number of rotatable bonds is 3. The van der Waals surface area contributed by atoms with Crippen LogP contribution in [0.15, 0.2) is 29.6 Å². The van der Waals surface area contributed by atoms with E-state index in [1.165, 1.54) is 10.5 Å². The third kappa shape index (κ3) is 2.82. The number of urea groups is 1. The largest absolute Gasteiger partial charge is 0.325 e. The molecule has 0 radical (unpaired) electrons. The smallest absolute Gasteiger partial charge is 0.323 e. The van der Waals surface area contributed by atoms with E-state index in [1.807, 2.05) is 17.5 Å². The average Bonchev–Trinajstić information content (AvgIpc) is 3.18. The molecule has 3 amide bonds. The molecule has 2 atom stereocenters. The van der Waals surface area contributed by atoms with Gasteiger partial charge in [0.1, 0.15) is 10.5 Å². The van der Waals surface area contributed by atoms with E-state index < -0.39 is 5.54 Å². The lowest BCUT2D eigenvalue weighted by Gasteiger charge is -2.36. The molecule has 4 rings (SSSR count). The molecule has 5 nitrogen and oxygen atoms in total. The van der Waals surface area contributed by atoms with Gasteiger partial charge in [0.15, 0.2) is 0 Å². The number of amides is 3. The first-order valence-corrected chi connectivity index (χ1v) is 10.0. The number of imide groups is 1. The summed E-state index contributed by atoms with van der Waals surface area (Å²) in [4.78, 5) is 31.5. The second-order valence-electron chi connectivity index (χ2n) is 7.45. The minimum atomic E-state index is -0.703. The molecule has 1 N–H and O–H groups in total. The molecule has 2 heterocycles. The number of aryl methyl sites for hydroxylation is 1. The molecular weight excluding hydrogens is 346 g/mol. The van der Waals surface area contributed by atoms with Crippen LogP contribution in [0.5, 0.6) is 0 Å². The number of carbonyl (C=O) groups is 2. The van der Waals surface area contributed by atoms with Gasteiger partial charge in [0.2, 0.25) is 0 Å². The van der Waals surface area contributed by atoms with E-state index in [2.05, 4.69) is 36.3 Å². The Bertz CT molecular complexity index is 845. The fourth-order valence-corrected chi connectivity index (χ4v) is 4.83. The highest BCUT2D eigenvalue weighted by Gasteiger charge is 2.54. The van der Waals surface area contributed by atoms with Crippen LogP contribution in [-0.4, -0.2) is 27.4 Å². The van der Waals surface area contributed by atoms with E-state index in [4.69, 9.17) is 0 Å². The minimum Gasteiger partial charge on any atom is -0.323 e. The van der Waals surface area contributed by atoms with Crippen LogP contribution in [0.1, 0.15) is 43.9 Å². The van der Waals surface area contributed by atoms with Gasteiger partial charge in [-0.15, -0.1) is 11.3 Å². The highest BCUT2D eigenvalue weighted by molar-refractivity contribution is 7.13. The maximum absolute atomic E-state index is 13.0. The number of carbonyl (C=O) groups excluding carboxylic acids is 2. The van der Waals surface area contributed by atoms with Gasteiger partial charge in [-0.3, -0.25) is 9.69 Å². The maximum atomic E-state index is 13.0. The van der Waals surface area contributed by atoms with E-state index in [0.717, 1.165) is 41.9 Å². The number of nitrogens with one attached hydrogen (secondary N) is 1. The lowest BCUT2D eigenvalue weighted by molar-refractivity contribution is -0.134. The standard InChI is InChI=1S/C20H23N3O2S/c1-13-6-8-15(9-7-13)17-21-16(12-26-17)11-23-18(24)20(22-19(23)25)10-4-3-5-14(20)2/h6-9,12,14H,3-5,10-11H2,1-2H3,(H,22,25)/t14-,20+/m1/s1. The van der Waals surface area contributed by atoms with Gasteiger partial charge >= 0.3 is 6.03 Å². The summed E-state index contributed by atoms with van der Waals surface area (Å²) in [6.07, 6.45) is 3.82. The first kappa shape index (κ1) is 17.2. The van der Waals surface area contributed by atoms with Crippen LogP contribution in [0.2, 0.25) is 0 Å². The van der Waals surface area contributed by atoms with Crippen LogP contribution in [0.3, 0.4) is 0 Å². The molecule has 136 valence electrons. The lowest BCUT2D eigenvalue weighted by atomic mass is 9.73. The van der Waals surface area contributed by atoms with Gasteiger partial charge in [0.25, 0.3) is 5.91 Å². The quantitative estimate of drug-likeness (QED) is 0.828. The molecule has 26 heavy (non-hydrogen) atoms. The van der Waals surface area contributed by atoms with Crippen LogP contribution in [0, 0.1) is 12.8 Å². The Morgan fingerprint density at radius 1 is 1.27 bits per heavy atom. The number of nitrogens with zero attached hydrogens (tertiary/aromatic N) is 2. The van der Waals surface area contributed by atoms with Crippen molar-refractivity contribution in [1.29, 1.82) is 0 Å². The fourth-order valence-electron chi connectivity index (χ4n) is 4.01. The third-order valence-corrected chi connectivity index (χ3v) is 6.61. The van der Waals surface area contributed by atoms with Gasteiger partial charge in [-0.05, 0) is 25.7 Å². The zero-order valence-corrected chi connectivity index (χ0v) is 15.9. The Balaban J connectivity index is 1.53. The first-order chi connectivity index (χ1) is 12.5. The molecule has 1 spiro atoms. The predicted molar refractivity (Wildman–Crippen MR) is 102 cm³/mol. The zero-order chi connectivity index (χ0) is 18.3. The molecule has 1 aliphatic heterocycles. The van der Waals surface area contributed by atoms with Crippen molar-refractivity contribution >= 4 is 23.3 Å². The van der Waals surface area contributed by atoms with Crippen LogP contribution < -0.4 is 5.32 Å². The van der Waals surface area contributed by atoms with E-state index in [9.17, 15) is 9.59 Å². The van der Waals surface area contributed by atoms with Crippen molar-refractivity contribution in [3.63, 3.8) is 0 Å². The number of benzene rings is 1. The van der Waals surface area contributed by atoms with Crippen molar-refractivity contribution in [2.75, 3.05) is 0 Å². The van der Waals surface area contributed by atoms with Gasteiger partial charge in [0.05, 0.1) is 12.2 Å². The van der Waals surface area contributed by atoms with E-state index in [0.29, 0.717) is 0 Å². The molecule has 0 unspecified atom stereocenters. The molecule has 6 heteroatoms. The Morgan fingerprint density at radius 3 is 2.77 bits per heavy atom. The van der Waals surface area contributed by atoms with Crippen molar-refractivity contribution in [2.24, 2.45) is 5.92 Å². The Hall–Kier alpha value is -2.21. The van der Waals surface area contributed by atoms with Crippen molar-refractivity contribution in [1.82, 2.24) is 15.2 Å². The highest BCUT2D eigenvalue weighted by Crippen LogP contribution is 2.38. The van der Waals surface area contributed by atoms with E-state index in [-0.39, 0.29) is 24.4 Å². The molecule has 2 aromatic rings. The molecule has 1 saturated heterocycles. The Morgan fingerprint density at radius 2 is 2.04 bits per heavy atom. The van der Waals surface area contributed by atoms with Crippen LogP contribution >= 0.6 is 11.3 Å². The summed E-state index contributed by atoms with van der Waals surface area (Å²) in [6.45, 7) is 4.36. The van der Waals surface area contributed by atoms with Crippen molar-refractivity contribution in [3.05, 3.63) is 40.9 Å². The van der Waals surface area contributed by atoms with Gasteiger partial charge in [-0.25, -0.2) is 9.78 Å². The second kappa shape index (κ2) is 6.50. The summed E-state index contributed by atoms with van der Waals surface area (Å²) in [5, 5.41) is 5.84. The van der Waals surface area contributed by atoms with Crippen molar-refractivity contribution < 1.29 is 9.59 Å². The number of thiazole rings is 1. The van der Waals surface area contributed by atoms with E-state index >= 15 is 0 Å². The van der Waals surface area contributed by atoms with Crippen LogP contribution in [0.4, 0.5) is 4.79 Å². The summed E-state index contributed by atoms with van der Waals surface area (Å²) in [6, 6.07) is 7.92. The predicted octanol–water partition coefficient (Wildman–Crippen LogP) is 4.12. The molecule has 0 bridgehead atoms. The molecule has 1 aromatic heterocycles. The zero-order valence-electron chi connectivity index (χ0n) is 15.1. The Kier molecular flexibility index (Phi) is 4.31. The maximum Gasteiger partial charge on any atom is 0.325 e. The average molecular weight is 369 g/mol. The minimum absolute atomic E-state index is 0.0837. The van der Waals surface area contributed by atoms with Gasteiger partial charge in [-0.1, -0.05) is 49.6 Å². The SMILES string of the molecule is Cc1ccc(-c2nc(CN3C(=O)N[C@]4(CCCC[C@H]4C)C3=O)cs2)cc1. The summed E-state index contributed by atoms with van der Waals surface area (Å²) in [7, 11) is 0. The van der Waals surface area contributed by atoms with E-state index in [1.54, 1.807) is 11.3 Å². The van der Waals surface area contributed by atoms with Gasteiger partial charge in [0, 0.05) is 10.9 Å². The number of hydrogen-bond donors (Lipinski definition) is 1. The Labute approximate surface area is 157 Å². The molecular formula is C20H23N3O2S. The van der Waals surface area contributed by atoms with Gasteiger partial charge < -0.3 is 5.32 Å². The summed E-state index contributed by atoms with van der Waals surface area (Å²) >= 11 is 1.54. The molecule has 1 aromatic carbocycles. The lowest BCUT2D eigenvalue weighted by Crippen LogP contribution is -2.53. The summed E-state index contributed by atoms with van der Waals surface area (Å²) in [5.41, 5.74) is 2.32. The third-order valence-electron chi connectivity index (χ3n) is 5.67. The molecule has 2 fully saturated rings. The summed E-state index contributed by atoms with van der Waals surface area (Å²) < 4.78 is 0. The number of aromatic nitrogens is 1. The van der Waals surface area contributed by atoms with Crippen LogP contribution in [-0.2, 0) is 11.3 Å². The van der Waals surface area contributed by atoms with Gasteiger partial charge in [-0.2, -0.15) is 0 Å². The topological polar surface area (TPSA) is 62.3 Å². The molecule has 2 aliphatic rings. The first-order valence-electron chi connectivity index (χ1n) is 9.15. The van der Waals surface area contributed by atoms with Crippen LogP contribution in [0.25, 0.3) is 10.6 Å².